The van der Waals surface area contributed by atoms with Gasteiger partial charge >= 0.3 is 17.9 Å². The lowest BCUT2D eigenvalue weighted by atomic mass is 9.97. The van der Waals surface area contributed by atoms with Crippen molar-refractivity contribution in [2.75, 3.05) is 12.4 Å². The first-order valence-corrected chi connectivity index (χ1v) is 9.14. The molecule has 1 aliphatic rings. The Labute approximate surface area is 155 Å². The number of esters is 3. The monoisotopic (exact) mass is 389 g/mol. The van der Waals surface area contributed by atoms with Gasteiger partial charge in [0.15, 0.2) is 0 Å². The van der Waals surface area contributed by atoms with Gasteiger partial charge in [0.25, 0.3) is 0 Å². The molecule has 1 fully saturated rings. The van der Waals surface area contributed by atoms with Gasteiger partial charge in [-0.2, -0.15) is 0 Å². The Morgan fingerprint density at radius 2 is 1.73 bits per heavy atom. The molecule has 0 aliphatic carbocycles. The van der Waals surface area contributed by atoms with Crippen molar-refractivity contribution < 1.29 is 33.3 Å². The molecule has 1 saturated heterocycles. The first-order valence-electron chi connectivity index (χ1n) is 8.09. The van der Waals surface area contributed by atoms with Crippen molar-refractivity contribution in [2.45, 2.75) is 63.9 Å². The maximum atomic E-state index is 11.5. The molecule has 26 heavy (non-hydrogen) atoms. The Kier molecular flexibility index (Phi) is 9.25. The zero-order valence-corrected chi connectivity index (χ0v) is 15.9. The standard InChI is InChI=1S/C15H23N3O7S/c1-5-6-26-15-14(24-10(4)21)12(17-18-16)13(23-9(3)20)11(25-15)7-22-8(2)19/h11-15H,5-7H2,1-4H3/t11-,12+,13+,14-,15-/m1/s1. The molecule has 0 aromatic rings. The highest BCUT2D eigenvalue weighted by molar-refractivity contribution is 7.99. The van der Waals surface area contributed by atoms with Gasteiger partial charge in [0.1, 0.15) is 36.4 Å². The van der Waals surface area contributed by atoms with E-state index in [0.717, 1.165) is 6.42 Å². The summed E-state index contributed by atoms with van der Waals surface area (Å²) in [5, 5.41) is 3.68. The summed E-state index contributed by atoms with van der Waals surface area (Å²) in [6, 6.07) is -1.02. The molecule has 0 bridgehead atoms. The number of ether oxygens (including phenoxy) is 4. The van der Waals surface area contributed by atoms with Crippen molar-refractivity contribution >= 4 is 29.7 Å². The van der Waals surface area contributed by atoms with E-state index in [2.05, 4.69) is 10.0 Å². The summed E-state index contributed by atoms with van der Waals surface area (Å²) in [7, 11) is 0. The number of hydrogen-bond donors (Lipinski definition) is 0. The third-order valence-electron chi connectivity index (χ3n) is 3.34. The van der Waals surface area contributed by atoms with Gasteiger partial charge in [0.05, 0.1) is 0 Å². The average molecular weight is 389 g/mol. The van der Waals surface area contributed by atoms with E-state index in [9.17, 15) is 14.4 Å². The lowest BCUT2D eigenvalue weighted by molar-refractivity contribution is -0.201. The van der Waals surface area contributed by atoms with Crippen molar-refractivity contribution in [2.24, 2.45) is 5.11 Å². The Morgan fingerprint density at radius 3 is 2.23 bits per heavy atom. The second-order valence-corrected chi connectivity index (χ2v) is 6.77. The lowest BCUT2D eigenvalue weighted by Gasteiger charge is -2.43. The number of azide groups is 1. The van der Waals surface area contributed by atoms with Crippen molar-refractivity contribution in [3.63, 3.8) is 0 Å². The molecular formula is C15H23N3O7S. The fourth-order valence-electron chi connectivity index (χ4n) is 2.44. The molecule has 5 atom stereocenters. The molecular weight excluding hydrogens is 366 g/mol. The van der Waals surface area contributed by atoms with Crippen LogP contribution in [0.4, 0.5) is 0 Å². The van der Waals surface area contributed by atoms with Crippen LogP contribution in [0, 0.1) is 0 Å². The van der Waals surface area contributed by atoms with Crippen LogP contribution >= 0.6 is 11.8 Å². The summed E-state index contributed by atoms with van der Waals surface area (Å²) in [6.45, 7) is 5.43. The molecule has 146 valence electrons. The second kappa shape index (κ2) is 10.9. The molecule has 0 saturated carbocycles. The van der Waals surface area contributed by atoms with Crippen molar-refractivity contribution in [1.82, 2.24) is 0 Å². The van der Waals surface area contributed by atoms with Gasteiger partial charge in [0, 0.05) is 25.7 Å². The fourth-order valence-corrected chi connectivity index (χ4v) is 3.54. The Morgan fingerprint density at radius 1 is 1.12 bits per heavy atom. The molecule has 11 heteroatoms. The molecule has 0 N–H and O–H groups in total. The number of thioether (sulfide) groups is 1. The highest BCUT2D eigenvalue weighted by Crippen LogP contribution is 2.34. The van der Waals surface area contributed by atoms with Crippen LogP contribution in [0.3, 0.4) is 0 Å². The molecule has 1 heterocycles. The summed E-state index contributed by atoms with van der Waals surface area (Å²) in [5.74, 6) is -1.05. The summed E-state index contributed by atoms with van der Waals surface area (Å²) in [4.78, 5) is 36.9. The summed E-state index contributed by atoms with van der Waals surface area (Å²) in [5.41, 5.74) is 8.27. The van der Waals surface area contributed by atoms with E-state index >= 15 is 0 Å². The SMILES string of the molecule is CCCS[C@H]1O[C@H](COC(C)=O)[C@H](OC(C)=O)[C@H](N=[N+]=[N-])[C@H]1OC(C)=O. The Bertz CT molecular complexity index is 567. The van der Waals surface area contributed by atoms with Gasteiger partial charge in [-0.1, -0.05) is 12.0 Å². The van der Waals surface area contributed by atoms with E-state index < -0.39 is 47.7 Å². The van der Waals surface area contributed by atoms with Crippen LogP contribution in [-0.2, 0) is 33.3 Å². The first-order chi connectivity index (χ1) is 12.3. The van der Waals surface area contributed by atoms with E-state index in [1.165, 1.54) is 32.5 Å². The highest BCUT2D eigenvalue weighted by atomic mass is 32.2. The second-order valence-electron chi connectivity index (χ2n) is 5.56. The van der Waals surface area contributed by atoms with Gasteiger partial charge in [-0.3, -0.25) is 14.4 Å². The van der Waals surface area contributed by atoms with Gasteiger partial charge < -0.3 is 18.9 Å². The minimum absolute atomic E-state index is 0.194. The highest BCUT2D eigenvalue weighted by Gasteiger charge is 2.49. The molecule has 0 amide bonds. The van der Waals surface area contributed by atoms with Crippen LogP contribution in [0.15, 0.2) is 5.11 Å². The third-order valence-corrected chi connectivity index (χ3v) is 4.69. The summed E-state index contributed by atoms with van der Waals surface area (Å²) < 4.78 is 21.4. The Balaban J connectivity index is 3.20. The average Bonchev–Trinajstić information content (AvgIpc) is 2.54. The quantitative estimate of drug-likeness (QED) is 0.202. The molecule has 1 rings (SSSR count). The van der Waals surface area contributed by atoms with E-state index in [1.807, 2.05) is 6.92 Å². The predicted molar refractivity (Wildman–Crippen MR) is 92.1 cm³/mol. The number of rotatable bonds is 8. The first kappa shape index (κ1) is 22.1. The normalized spacial score (nSPS) is 27.8. The van der Waals surface area contributed by atoms with Gasteiger partial charge in [-0.15, -0.1) is 11.8 Å². The van der Waals surface area contributed by atoms with E-state index in [0.29, 0.717) is 5.75 Å². The molecule has 0 aromatic carbocycles. The minimum Gasteiger partial charge on any atom is -0.463 e. The number of nitrogens with zero attached hydrogens (tertiary/aromatic N) is 3. The molecule has 1 aliphatic heterocycles. The number of carbonyl (C=O) groups is 3. The van der Waals surface area contributed by atoms with Crippen LogP contribution in [0.25, 0.3) is 10.4 Å². The van der Waals surface area contributed by atoms with Crippen LogP contribution in [0.1, 0.15) is 34.1 Å². The maximum absolute atomic E-state index is 11.5. The lowest BCUT2D eigenvalue weighted by Crippen LogP contribution is -2.59. The van der Waals surface area contributed by atoms with E-state index in [1.54, 1.807) is 0 Å². The van der Waals surface area contributed by atoms with Crippen molar-refractivity contribution in [1.29, 1.82) is 0 Å². The van der Waals surface area contributed by atoms with Crippen LogP contribution < -0.4 is 0 Å². The van der Waals surface area contributed by atoms with Gasteiger partial charge in [-0.05, 0) is 17.7 Å². The molecule has 0 aromatic heterocycles. The van der Waals surface area contributed by atoms with Crippen LogP contribution in [0.2, 0.25) is 0 Å². The zero-order valence-electron chi connectivity index (χ0n) is 15.1. The molecule has 0 radical (unpaired) electrons. The molecule has 0 spiro atoms. The van der Waals surface area contributed by atoms with Gasteiger partial charge in [-0.25, -0.2) is 0 Å². The number of carbonyl (C=O) groups excluding carboxylic acids is 3. The summed E-state index contributed by atoms with van der Waals surface area (Å²) in [6.07, 6.45) is -2.03. The van der Waals surface area contributed by atoms with Crippen molar-refractivity contribution in [3.8, 4) is 0 Å². The zero-order chi connectivity index (χ0) is 19.7. The van der Waals surface area contributed by atoms with Crippen LogP contribution in [0.5, 0.6) is 0 Å². The largest absolute Gasteiger partial charge is 0.463 e. The Hall–Kier alpha value is -1.97. The van der Waals surface area contributed by atoms with E-state index in [4.69, 9.17) is 24.5 Å². The topological polar surface area (TPSA) is 137 Å². The minimum atomic E-state index is -1.06. The summed E-state index contributed by atoms with van der Waals surface area (Å²) >= 11 is 1.37. The van der Waals surface area contributed by atoms with Gasteiger partial charge in [0.2, 0.25) is 0 Å². The van der Waals surface area contributed by atoms with E-state index in [-0.39, 0.29) is 6.61 Å². The smallest absolute Gasteiger partial charge is 0.303 e. The maximum Gasteiger partial charge on any atom is 0.303 e. The fraction of sp³-hybridized carbons (Fsp3) is 0.800. The molecule has 0 unspecified atom stereocenters. The van der Waals surface area contributed by atoms with Crippen LogP contribution in [-0.4, -0.2) is 60.1 Å². The third kappa shape index (κ3) is 6.74. The predicted octanol–water partition coefficient (Wildman–Crippen LogP) is 1.96. The number of hydrogen-bond acceptors (Lipinski definition) is 9. The van der Waals surface area contributed by atoms with Crippen molar-refractivity contribution in [3.05, 3.63) is 10.4 Å². The molecule has 10 nitrogen and oxygen atoms in total.